The molecule has 3 aromatic carbocycles. The number of ether oxygens (including phenoxy) is 2. The smallest absolute Gasteiger partial charge is 0.423 e. The molecule has 14 heteroatoms. The summed E-state index contributed by atoms with van der Waals surface area (Å²) in [4.78, 5) is 0. The van der Waals surface area contributed by atoms with Crippen molar-refractivity contribution in [2.24, 2.45) is 0 Å². The Labute approximate surface area is 183 Å². The summed E-state index contributed by atoms with van der Waals surface area (Å²) in [6.07, 6.45) is -11.1. The van der Waals surface area contributed by atoms with Gasteiger partial charge in [-0.2, -0.15) is 26.3 Å². The van der Waals surface area contributed by atoms with E-state index in [0.717, 1.165) is 0 Å². The Hall–Kier alpha value is -3.84. The summed E-state index contributed by atoms with van der Waals surface area (Å²) >= 11 is 0. The SMILES string of the molecule is Nc1cc(Oc2ccc(C(F)(F)F)c(Oc3cc(N)c(F)cc3F)c2C(F)(F)F)c(F)cc1F. The zero-order valence-electron chi connectivity index (χ0n) is 16.2. The molecule has 0 saturated carbocycles. The van der Waals surface area contributed by atoms with Crippen LogP contribution in [0.1, 0.15) is 11.1 Å². The van der Waals surface area contributed by atoms with Crippen LogP contribution in [0.15, 0.2) is 36.4 Å². The average Bonchev–Trinajstić information content (AvgIpc) is 2.68. The molecule has 0 aliphatic rings. The van der Waals surface area contributed by atoms with Gasteiger partial charge in [0.15, 0.2) is 28.9 Å². The van der Waals surface area contributed by atoms with Gasteiger partial charge in [-0.05, 0) is 12.1 Å². The van der Waals surface area contributed by atoms with E-state index in [1.165, 1.54) is 0 Å². The van der Waals surface area contributed by atoms with Crippen molar-refractivity contribution in [3.05, 3.63) is 70.8 Å². The van der Waals surface area contributed by atoms with E-state index in [-0.39, 0.29) is 24.3 Å². The summed E-state index contributed by atoms with van der Waals surface area (Å²) < 4.78 is 146. The molecular formula is C20H10F10N2O2. The lowest BCUT2D eigenvalue weighted by molar-refractivity contribution is -0.145. The number of rotatable bonds is 4. The first kappa shape index (κ1) is 24.8. The summed E-state index contributed by atoms with van der Waals surface area (Å²) in [7, 11) is 0. The number of anilines is 2. The Kier molecular flexibility index (Phi) is 6.20. The van der Waals surface area contributed by atoms with Gasteiger partial charge in [0.05, 0.1) is 16.9 Å². The first-order valence-electron chi connectivity index (χ1n) is 8.75. The lowest BCUT2D eigenvalue weighted by Crippen LogP contribution is -2.15. The van der Waals surface area contributed by atoms with Crippen molar-refractivity contribution in [1.29, 1.82) is 0 Å². The summed E-state index contributed by atoms with van der Waals surface area (Å²) in [6.45, 7) is 0. The van der Waals surface area contributed by atoms with Gasteiger partial charge in [-0.25, -0.2) is 17.6 Å². The fourth-order valence-electron chi connectivity index (χ4n) is 2.72. The van der Waals surface area contributed by atoms with Gasteiger partial charge in [-0.15, -0.1) is 0 Å². The molecule has 34 heavy (non-hydrogen) atoms. The average molecular weight is 500 g/mol. The summed E-state index contributed by atoms with van der Waals surface area (Å²) in [5.41, 5.74) is 4.59. The molecule has 0 radical (unpaired) electrons. The van der Waals surface area contributed by atoms with E-state index in [2.05, 4.69) is 4.74 Å². The standard InChI is InChI=1S/C20H10F10N2O2/c21-8-3-10(23)15(5-12(8)31)33-14-2-1-7(19(25,26)27)18(17(14)20(28,29)30)34-16-6-13(32)9(22)4-11(16)24/h1-6H,31-32H2. The second-order valence-electron chi connectivity index (χ2n) is 6.62. The van der Waals surface area contributed by atoms with Crippen molar-refractivity contribution in [1.82, 2.24) is 0 Å². The van der Waals surface area contributed by atoms with Crippen molar-refractivity contribution in [2.75, 3.05) is 11.5 Å². The van der Waals surface area contributed by atoms with Gasteiger partial charge >= 0.3 is 12.4 Å². The number of hydrogen-bond acceptors (Lipinski definition) is 4. The predicted molar refractivity (Wildman–Crippen MR) is 98.1 cm³/mol. The third kappa shape index (κ3) is 4.89. The van der Waals surface area contributed by atoms with Crippen LogP contribution in [0.2, 0.25) is 0 Å². The van der Waals surface area contributed by atoms with E-state index in [9.17, 15) is 43.9 Å². The van der Waals surface area contributed by atoms with Crippen molar-refractivity contribution >= 4 is 11.4 Å². The first-order valence-corrected chi connectivity index (χ1v) is 8.75. The number of hydrogen-bond donors (Lipinski definition) is 2. The van der Waals surface area contributed by atoms with E-state index in [1.54, 1.807) is 0 Å². The van der Waals surface area contributed by atoms with Crippen molar-refractivity contribution in [2.45, 2.75) is 12.4 Å². The topological polar surface area (TPSA) is 70.5 Å². The van der Waals surface area contributed by atoms with Gasteiger partial charge in [0.1, 0.15) is 22.9 Å². The van der Waals surface area contributed by atoms with Gasteiger partial charge in [-0.1, -0.05) is 0 Å². The Morgan fingerprint density at radius 1 is 0.559 bits per heavy atom. The lowest BCUT2D eigenvalue weighted by atomic mass is 10.1. The molecule has 0 spiro atoms. The second kappa shape index (κ2) is 8.50. The Balaban J connectivity index is 2.28. The summed E-state index contributed by atoms with van der Waals surface area (Å²) in [5, 5.41) is 0. The minimum absolute atomic E-state index is 0.0855. The molecule has 4 nitrogen and oxygen atoms in total. The fraction of sp³-hybridized carbons (Fsp3) is 0.100. The number of nitrogen functional groups attached to an aromatic ring is 2. The van der Waals surface area contributed by atoms with Crippen LogP contribution in [-0.2, 0) is 12.4 Å². The molecule has 0 saturated heterocycles. The van der Waals surface area contributed by atoms with Gasteiger partial charge in [0, 0.05) is 24.3 Å². The van der Waals surface area contributed by atoms with Gasteiger partial charge in [-0.3, -0.25) is 0 Å². The van der Waals surface area contributed by atoms with E-state index in [1.807, 2.05) is 0 Å². The summed E-state index contributed by atoms with van der Waals surface area (Å²) in [6, 6.07) is 1.35. The van der Waals surface area contributed by atoms with Crippen LogP contribution in [0.5, 0.6) is 23.0 Å². The van der Waals surface area contributed by atoms with Gasteiger partial charge < -0.3 is 20.9 Å². The minimum atomic E-state index is -5.64. The highest BCUT2D eigenvalue weighted by molar-refractivity contribution is 5.57. The third-order valence-electron chi connectivity index (χ3n) is 4.24. The molecule has 182 valence electrons. The normalized spacial score (nSPS) is 12.1. The predicted octanol–water partition coefficient (Wildman–Crippen LogP) is 7.03. The molecule has 0 unspecified atom stereocenters. The molecule has 0 aliphatic carbocycles. The molecule has 4 N–H and O–H groups in total. The van der Waals surface area contributed by atoms with E-state index in [4.69, 9.17) is 16.2 Å². The maximum absolute atomic E-state index is 14.0. The maximum atomic E-state index is 14.0. The van der Waals surface area contributed by atoms with Crippen molar-refractivity contribution < 1.29 is 53.4 Å². The van der Waals surface area contributed by atoms with Crippen LogP contribution >= 0.6 is 0 Å². The van der Waals surface area contributed by atoms with E-state index < -0.39 is 81.1 Å². The van der Waals surface area contributed by atoms with Crippen LogP contribution < -0.4 is 20.9 Å². The number of halogens is 10. The van der Waals surface area contributed by atoms with Crippen molar-refractivity contribution in [3.8, 4) is 23.0 Å². The van der Waals surface area contributed by atoms with E-state index >= 15 is 0 Å². The molecule has 3 rings (SSSR count). The number of benzene rings is 3. The largest absolute Gasteiger partial charge is 0.453 e. The molecule has 3 aromatic rings. The minimum Gasteiger partial charge on any atom is -0.453 e. The molecule has 0 atom stereocenters. The molecule has 0 bridgehead atoms. The van der Waals surface area contributed by atoms with E-state index in [0.29, 0.717) is 12.1 Å². The zero-order chi connectivity index (χ0) is 25.6. The number of nitrogens with two attached hydrogens (primary N) is 2. The van der Waals surface area contributed by atoms with Crippen LogP contribution in [0.3, 0.4) is 0 Å². The van der Waals surface area contributed by atoms with Crippen LogP contribution in [0, 0.1) is 23.3 Å². The monoisotopic (exact) mass is 500 g/mol. The maximum Gasteiger partial charge on any atom is 0.423 e. The zero-order valence-corrected chi connectivity index (χ0v) is 16.2. The Bertz CT molecular complexity index is 1260. The molecular weight excluding hydrogens is 490 g/mol. The van der Waals surface area contributed by atoms with Gasteiger partial charge in [0.2, 0.25) is 0 Å². The second-order valence-corrected chi connectivity index (χ2v) is 6.62. The highest BCUT2D eigenvalue weighted by Gasteiger charge is 2.45. The molecule has 0 heterocycles. The lowest BCUT2D eigenvalue weighted by Gasteiger charge is -2.22. The number of alkyl halides is 6. The van der Waals surface area contributed by atoms with Crippen LogP contribution in [-0.4, -0.2) is 0 Å². The molecule has 0 aliphatic heterocycles. The third-order valence-corrected chi connectivity index (χ3v) is 4.24. The molecule has 0 aromatic heterocycles. The first-order chi connectivity index (χ1) is 15.6. The highest BCUT2D eigenvalue weighted by Crippen LogP contribution is 2.51. The van der Waals surface area contributed by atoms with Crippen molar-refractivity contribution in [3.63, 3.8) is 0 Å². The Morgan fingerprint density at radius 3 is 1.47 bits per heavy atom. The van der Waals surface area contributed by atoms with Crippen LogP contribution in [0.25, 0.3) is 0 Å². The highest BCUT2D eigenvalue weighted by atomic mass is 19.4. The summed E-state index contributed by atoms with van der Waals surface area (Å²) in [5.74, 6) is -11.6. The molecule has 0 amide bonds. The fourth-order valence-corrected chi connectivity index (χ4v) is 2.72. The Morgan fingerprint density at radius 2 is 1.03 bits per heavy atom. The molecule has 0 fully saturated rings. The quantitative estimate of drug-likeness (QED) is 0.298. The van der Waals surface area contributed by atoms with Gasteiger partial charge in [0.25, 0.3) is 0 Å². The van der Waals surface area contributed by atoms with Crippen LogP contribution in [0.4, 0.5) is 55.3 Å².